The van der Waals surface area contributed by atoms with E-state index in [2.05, 4.69) is 0 Å². The summed E-state index contributed by atoms with van der Waals surface area (Å²) in [5.74, 6) is -0.764. The third-order valence-corrected chi connectivity index (χ3v) is 2.39. The van der Waals surface area contributed by atoms with Crippen molar-refractivity contribution in [1.82, 2.24) is 4.90 Å². The third kappa shape index (κ3) is 3.87. The van der Waals surface area contributed by atoms with Gasteiger partial charge in [0.05, 0.1) is 0 Å². The fourth-order valence-electron chi connectivity index (χ4n) is 1.67. The van der Waals surface area contributed by atoms with Crippen LogP contribution in [0.25, 0.3) is 0 Å². The third-order valence-electron chi connectivity index (χ3n) is 2.39. The average Bonchev–Trinajstić information content (AvgIpc) is 2.24. The lowest BCUT2D eigenvalue weighted by Crippen LogP contribution is -2.30. The van der Waals surface area contributed by atoms with Crippen LogP contribution in [-0.4, -0.2) is 24.5 Å². The number of nitrogens with zero attached hydrogens (tertiary/aromatic N) is 1. The molecular weight excluding hydrogens is 210 g/mol. The topological polar surface area (TPSA) is 29.3 Å². The van der Waals surface area contributed by atoms with Gasteiger partial charge in [-0.1, -0.05) is 6.92 Å². The Labute approximate surface area is 95.1 Å². The average molecular weight is 228 g/mol. The number of nitrogens with two attached hydrogens (primary N) is 1. The highest BCUT2D eigenvalue weighted by molar-refractivity contribution is 5.18. The summed E-state index contributed by atoms with van der Waals surface area (Å²) in [5, 5.41) is 0. The minimum absolute atomic E-state index is 0.362. The molecule has 16 heavy (non-hydrogen) atoms. The highest BCUT2D eigenvalue weighted by atomic mass is 19.1. The molecule has 0 radical (unpaired) electrons. The highest BCUT2D eigenvalue weighted by Crippen LogP contribution is 2.12. The van der Waals surface area contributed by atoms with Gasteiger partial charge < -0.3 is 5.73 Å². The van der Waals surface area contributed by atoms with Crippen LogP contribution in [0.4, 0.5) is 8.78 Å². The molecule has 0 bridgehead atoms. The van der Waals surface area contributed by atoms with E-state index in [1.165, 1.54) is 6.07 Å². The van der Waals surface area contributed by atoms with Crippen molar-refractivity contribution in [3.63, 3.8) is 0 Å². The molecule has 1 rings (SSSR count). The zero-order chi connectivity index (χ0) is 12.0. The second kappa shape index (κ2) is 6.55. The van der Waals surface area contributed by atoms with Crippen LogP contribution < -0.4 is 5.73 Å². The van der Waals surface area contributed by atoms with E-state index in [9.17, 15) is 8.78 Å². The number of benzene rings is 1. The van der Waals surface area contributed by atoms with Gasteiger partial charge in [0.15, 0.2) is 0 Å². The lowest BCUT2D eigenvalue weighted by molar-refractivity contribution is 0.269. The minimum Gasteiger partial charge on any atom is -0.329 e. The molecule has 0 aliphatic heterocycles. The maximum absolute atomic E-state index is 13.4. The van der Waals surface area contributed by atoms with Crippen molar-refractivity contribution < 1.29 is 8.78 Å². The van der Waals surface area contributed by atoms with Gasteiger partial charge in [0.2, 0.25) is 0 Å². The SMILES string of the molecule is CCCN(CCN)Cc1cc(F)ccc1F. The van der Waals surface area contributed by atoms with E-state index in [4.69, 9.17) is 5.73 Å². The first-order valence-electron chi connectivity index (χ1n) is 5.53. The lowest BCUT2D eigenvalue weighted by atomic mass is 10.2. The molecule has 2 N–H and O–H groups in total. The monoisotopic (exact) mass is 228 g/mol. The Bertz CT molecular complexity index is 323. The Morgan fingerprint density at radius 1 is 1.25 bits per heavy atom. The van der Waals surface area contributed by atoms with Crippen LogP contribution in [0, 0.1) is 11.6 Å². The molecule has 4 heteroatoms. The molecule has 0 saturated carbocycles. The second-order valence-corrected chi connectivity index (χ2v) is 3.80. The van der Waals surface area contributed by atoms with Gasteiger partial charge in [-0.2, -0.15) is 0 Å². The van der Waals surface area contributed by atoms with Gasteiger partial charge in [-0.05, 0) is 31.2 Å². The van der Waals surface area contributed by atoms with E-state index in [0.717, 1.165) is 25.1 Å². The van der Waals surface area contributed by atoms with Crippen LogP contribution >= 0.6 is 0 Å². The molecule has 1 aromatic carbocycles. The lowest BCUT2D eigenvalue weighted by Gasteiger charge is -2.21. The van der Waals surface area contributed by atoms with Crippen LogP contribution in [0.5, 0.6) is 0 Å². The van der Waals surface area contributed by atoms with Crippen molar-refractivity contribution in [2.75, 3.05) is 19.6 Å². The summed E-state index contributed by atoms with van der Waals surface area (Å²) < 4.78 is 26.3. The normalized spacial score (nSPS) is 11.1. The van der Waals surface area contributed by atoms with E-state index >= 15 is 0 Å². The Kier molecular flexibility index (Phi) is 5.35. The van der Waals surface area contributed by atoms with Gasteiger partial charge in [0, 0.05) is 25.2 Å². The Balaban J connectivity index is 2.71. The van der Waals surface area contributed by atoms with Crippen molar-refractivity contribution in [2.45, 2.75) is 19.9 Å². The summed E-state index contributed by atoms with van der Waals surface area (Å²) in [6.07, 6.45) is 0.969. The van der Waals surface area contributed by atoms with Crippen LogP contribution in [0.1, 0.15) is 18.9 Å². The maximum Gasteiger partial charge on any atom is 0.127 e. The van der Waals surface area contributed by atoms with Gasteiger partial charge in [-0.15, -0.1) is 0 Å². The Morgan fingerprint density at radius 3 is 2.62 bits per heavy atom. The Hall–Kier alpha value is -1.00. The molecule has 0 spiro atoms. The number of rotatable bonds is 6. The molecule has 0 saturated heterocycles. The standard InChI is InChI=1S/C12H18F2N2/c1-2-6-16(7-5-15)9-10-8-11(13)3-4-12(10)14/h3-4,8H,2,5-7,9,15H2,1H3. The second-order valence-electron chi connectivity index (χ2n) is 3.80. The number of hydrogen-bond donors (Lipinski definition) is 1. The maximum atomic E-state index is 13.4. The fourth-order valence-corrected chi connectivity index (χ4v) is 1.67. The summed E-state index contributed by atoms with van der Waals surface area (Å²) in [7, 11) is 0. The van der Waals surface area contributed by atoms with Crippen molar-refractivity contribution >= 4 is 0 Å². The molecule has 0 fully saturated rings. The van der Waals surface area contributed by atoms with Gasteiger partial charge in [0.25, 0.3) is 0 Å². The predicted octanol–water partition coefficient (Wildman–Crippen LogP) is 2.14. The largest absolute Gasteiger partial charge is 0.329 e. The van der Waals surface area contributed by atoms with Crippen LogP contribution in [0.15, 0.2) is 18.2 Å². The summed E-state index contributed by atoms with van der Waals surface area (Å²) >= 11 is 0. The summed E-state index contributed by atoms with van der Waals surface area (Å²) in [5.41, 5.74) is 5.86. The highest BCUT2D eigenvalue weighted by Gasteiger charge is 2.09. The summed E-state index contributed by atoms with van der Waals surface area (Å²) in [6, 6.07) is 3.54. The first kappa shape index (κ1) is 13.1. The molecule has 0 heterocycles. The molecule has 90 valence electrons. The van der Waals surface area contributed by atoms with E-state index in [0.29, 0.717) is 25.2 Å². The summed E-state index contributed by atoms with van der Waals surface area (Å²) in [4.78, 5) is 2.03. The molecule has 0 aromatic heterocycles. The molecular formula is C12H18F2N2. The van der Waals surface area contributed by atoms with Crippen LogP contribution in [0.2, 0.25) is 0 Å². The van der Waals surface area contributed by atoms with E-state index < -0.39 is 5.82 Å². The van der Waals surface area contributed by atoms with E-state index in [-0.39, 0.29) is 5.82 Å². The van der Waals surface area contributed by atoms with Crippen molar-refractivity contribution in [3.8, 4) is 0 Å². The molecule has 0 aliphatic carbocycles. The molecule has 0 unspecified atom stereocenters. The van der Waals surface area contributed by atoms with E-state index in [1.807, 2.05) is 11.8 Å². The van der Waals surface area contributed by atoms with Crippen molar-refractivity contribution in [2.24, 2.45) is 5.73 Å². The number of hydrogen-bond acceptors (Lipinski definition) is 2. The summed E-state index contributed by atoms with van der Waals surface area (Å²) in [6.45, 7) is 4.52. The van der Waals surface area contributed by atoms with Gasteiger partial charge >= 0.3 is 0 Å². The Morgan fingerprint density at radius 2 is 2.00 bits per heavy atom. The number of halogens is 2. The van der Waals surface area contributed by atoms with Crippen molar-refractivity contribution in [3.05, 3.63) is 35.4 Å². The van der Waals surface area contributed by atoms with Crippen molar-refractivity contribution in [1.29, 1.82) is 0 Å². The quantitative estimate of drug-likeness (QED) is 0.808. The zero-order valence-electron chi connectivity index (χ0n) is 9.55. The van der Waals surface area contributed by atoms with E-state index in [1.54, 1.807) is 0 Å². The van der Waals surface area contributed by atoms with Gasteiger partial charge in [0.1, 0.15) is 11.6 Å². The van der Waals surface area contributed by atoms with Gasteiger partial charge in [-0.25, -0.2) is 8.78 Å². The first-order valence-corrected chi connectivity index (χ1v) is 5.53. The molecule has 0 aliphatic rings. The predicted molar refractivity (Wildman–Crippen MR) is 61.0 cm³/mol. The molecule has 2 nitrogen and oxygen atoms in total. The first-order chi connectivity index (χ1) is 7.67. The van der Waals surface area contributed by atoms with Crippen LogP contribution in [0.3, 0.4) is 0 Å². The molecule has 1 aromatic rings. The molecule has 0 amide bonds. The fraction of sp³-hybridized carbons (Fsp3) is 0.500. The van der Waals surface area contributed by atoms with Crippen LogP contribution in [-0.2, 0) is 6.54 Å². The van der Waals surface area contributed by atoms with Gasteiger partial charge in [-0.3, -0.25) is 4.90 Å². The smallest absolute Gasteiger partial charge is 0.127 e. The zero-order valence-corrected chi connectivity index (χ0v) is 9.55. The minimum atomic E-state index is -0.402. The molecule has 0 atom stereocenters.